The molecule has 0 aliphatic rings. The number of ether oxygens (including phenoxy) is 2. The maximum absolute atomic E-state index is 12.6. The summed E-state index contributed by atoms with van der Waals surface area (Å²) in [5.41, 5.74) is 4.30. The zero-order valence-electron chi connectivity index (χ0n) is 9.40. The molecule has 5 nitrogen and oxygen atoms in total. The molecular formula is C10H11F3N2O3. The number of rotatable bonds is 4. The predicted molar refractivity (Wildman–Crippen MR) is 54.7 cm³/mol. The van der Waals surface area contributed by atoms with Gasteiger partial charge in [-0.15, -0.1) is 0 Å². The average Bonchev–Trinajstić information content (AvgIpc) is 2.34. The van der Waals surface area contributed by atoms with Crippen molar-refractivity contribution >= 4 is 5.97 Å². The molecule has 100 valence electrons. The van der Waals surface area contributed by atoms with Gasteiger partial charge in [-0.2, -0.15) is 13.2 Å². The second-order valence-electron chi connectivity index (χ2n) is 3.29. The first-order valence-corrected chi connectivity index (χ1v) is 4.84. The van der Waals surface area contributed by atoms with E-state index >= 15 is 0 Å². The summed E-state index contributed by atoms with van der Waals surface area (Å²) in [5, 5.41) is 0. The van der Waals surface area contributed by atoms with Crippen LogP contribution in [0.5, 0.6) is 5.88 Å². The van der Waals surface area contributed by atoms with Gasteiger partial charge < -0.3 is 15.2 Å². The normalized spacial score (nSPS) is 12.9. The zero-order chi connectivity index (χ0) is 13.8. The van der Waals surface area contributed by atoms with Gasteiger partial charge in [-0.1, -0.05) is 0 Å². The van der Waals surface area contributed by atoms with Crippen molar-refractivity contribution in [1.29, 1.82) is 0 Å². The molecule has 0 saturated carbocycles. The molecule has 0 aromatic carbocycles. The molecule has 0 saturated heterocycles. The largest absolute Gasteiger partial charge is 0.475 e. The van der Waals surface area contributed by atoms with Crippen LogP contribution >= 0.6 is 0 Å². The van der Waals surface area contributed by atoms with Gasteiger partial charge in [0.15, 0.2) is 0 Å². The number of carbonyl (C=O) groups is 1. The Morgan fingerprint density at radius 2 is 2.22 bits per heavy atom. The van der Waals surface area contributed by atoms with Crippen molar-refractivity contribution in [2.75, 3.05) is 13.7 Å². The lowest BCUT2D eigenvalue weighted by molar-refractivity contribution is -0.143. The number of hydrogen-bond acceptors (Lipinski definition) is 5. The fourth-order valence-electron chi connectivity index (χ4n) is 1.11. The second kappa shape index (κ2) is 5.67. The lowest BCUT2D eigenvalue weighted by atomic mass is 10.2. The van der Waals surface area contributed by atoms with Crippen LogP contribution in [0.3, 0.4) is 0 Å². The van der Waals surface area contributed by atoms with Crippen LogP contribution < -0.4 is 10.5 Å². The number of methoxy groups -OCH3 is 1. The Morgan fingerprint density at radius 3 is 2.78 bits per heavy atom. The zero-order valence-corrected chi connectivity index (χ0v) is 9.40. The van der Waals surface area contributed by atoms with Gasteiger partial charge >= 0.3 is 12.1 Å². The number of hydrogen-bond donors (Lipinski definition) is 1. The van der Waals surface area contributed by atoms with Crippen molar-refractivity contribution in [3.63, 3.8) is 0 Å². The van der Waals surface area contributed by atoms with E-state index in [-0.39, 0.29) is 0 Å². The first kappa shape index (κ1) is 14.2. The standard InChI is InChI=1S/C10H11F3N2O3/c1-17-9(16)7(14)5-18-8-6(10(11,12)13)3-2-4-15-8/h2-4,7H,5,14H2,1H3. The molecule has 1 aromatic rings. The van der Waals surface area contributed by atoms with Crippen molar-refractivity contribution in [3.05, 3.63) is 23.9 Å². The summed E-state index contributed by atoms with van der Waals surface area (Å²) in [6, 6.07) is 0.792. The quantitative estimate of drug-likeness (QED) is 0.820. The summed E-state index contributed by atoms with van der Waals surface area (Å²) >= 11 is 0. The Bertz CT molecular complexity index is 423. The number of aromatic nitrogens is 1. The van der Waals surface area contributed by atoms with E-state index in [1.807, 2.05) is 0 Å². The van der Waals surface area contributed by atoms with Gasteiger partial charge in [0, 0.05) is 6.20 Å². The molecule has 0 aliphatic heterocycles. The Morgan fingerprint density at radius 1 is 1.56 bits per heavy atom. The highest BCUT2D eigenvalue weighted by atomic mass is 19.4. The maximum Gasteiger partial charge on any atom is 0.421 e. The molecule has 0 radical (unpaired) electrons. The molecule has 18 heavy (non-hydrogen) atoms. The molecule has 1 unspecified atom stereocenters. The summed E-state index contributed by atoms with van der Waals surface area (Å²) < 4.78 is 46.8. The number of nitrogens with two attached hydrogens (primary N) is 1. The number of halogens is 3. The van der Waals surface area contributed by atoms with Crippen LogP contribution in [-0.4, -0.2) is 30.7 Å². The van der Waals surface area contributed by atoms with Crippen molar-refractivity contribution in [1.82, 2.24) is 4.98 Å². The van der Waals surface area contributed by atoms with Gasteiger partial charge in [0.1, 0.15) is 18.2 Å². The van der Waals surface area contributed by atoms with E-state index in [1.54, 1.807) is 0 Å². The van der Waals surface area contributed by atoms with Crippen LogP contribution in [0.2, 0.25) is 0 Å². The molecule has 0 fully saturated rings. The first-order valence-electron chi connectivity index (χ1n) is 4.84. The van der Waals surface area contributed by atoms with E-state index in [2.05, 4.69) is 9.72 Å². The van der Waals surface area contributed by atoms with Crippen LogP contribution in [-0.2, 0) is 15.7 Å². The number of esters is 1. The van der Waals surface area contributed by atoms with Crippen LogP contribution in [0.4, 0.5) is 13.2 Å². The summed E-state index contributed by atoms with van der Waals surface area (Å²) in [4.78, 5) is 14.4. The van der Waals surface area contributed by atoms with Gasteiger partial charge in [0.25, 0.3) is 0 Å². The van der Waals surface area contributed by atoms with E-state index in [4.69, 9.17) is 10.5 Å². The van der Waals surface area contributed by atoms with Crippen molar-refractivity contribution in [2.24, 2.45) is 5.73 Å². The topological polar surface area (TPSA) is 74.4 Å². The minimum Gasteiger partial charge on any atom is -0.475 e. The third-order valence-corrected chi connectivity index (χ3v) is 1.98. The smallest absolute Gasteiger partial charge is 0.421 e. The summed E-state index contributed by atoms with van der Waals surface area (Å²) in [6.45, 7) is -0.452. The fraction of sp³-hybridized carbons (Fsp3) is 0.400. The molecular weight excluding hydrogens is 253 g/mol. The summed E-state index contributed by atoms with van der Waals surface area (Å²) in [7, 11) is 1.12. The monoisotopic (exact) mass is 264 g/mol. The summed E-state index contributed by atoms with van der Waals surface area (Å²) in [5.74, 6) is -1.40. The molecule has 1 heterocycles. The lowest BCUT2D eigenvalue weighted by Gasteiger charge is -2.14. The van der Waals surface area contributed by atoms with E-state index in [9.17, 15) is 18.0 Å². The average molecular weight is 264 g/mol. The summed E-state index contributed by atoms with van der Waals surface area (Å²) in [6.07, 6.45) is -3.44. The molecule has 0 spiro atoms. The highest BCUT2D eigenvalue weighted by molar-refractivity contribution is 5.75. The maximum atomic E-state index is 12.6. The Labute approximate surface area is 101 Å². The van der Waals surface area contributed by atoms with E-state index in [0.717, 1.165) is 25.4 Å². The van der Waals surface area contributed by atoms with Crippen LogP contribution in [0.25, 0.3) is 0 Å². The molecule has 0 amide bonds. The lowest BCUT2D eigenvalue weighted by Crippen LogP contribution is -2.37. The molecule has 8 heteroatoms. The number of nitrogens with zero attached hydrogens (tertiary/aromatic N) is 1. The van der Waals surface area contributed by atoms with Gasteiger partial charge in [-0.25, -0.2) is 4.98 Å². The minimum absolute atomic E-state index is 0.452. The van der Waals surface area contributed by atoms with E-state index in [0.29, 0.717) is 0 Å². The number of pyridine rings is 1. The van der Waals surface area contributed by atoms with Gasteiger partial charge in [-0.3, -0.25) is 4.79 Å². The third kappa shape index (κ3) is 3.59. The highest BCUT2D eigenvalue weighted by Crippen LogP contribution is 2.34. The van der Waals surface area contributed by atoms with E-state index < -0.39 is 36.2 Å². The SMILES string of the molecule is COC(=O)C(N)COc1ncccc1C(F)(F)F. The molecule has 1 rings (SSSR count). The minimum atomic E-state index is -4.58. The molecule has 0 aliphatic carbocycles. The Balaban J connectivity index is 2.77. The van der Waals surface area contributed by atoms with Crippen LogP contribution in [0, 0.1) is 0 Å². The van der Waals surface area contributed by atoms with Crippen molar-refractivity contribution in [3.8, 4) is 5.88 Å². The molecule has 1 atom stereocenters. The van der Waals surface area contributed by atoms with Gasteiger partial charge in [0.2, 0.25) is 5.88 Å². The van der Waals surface area contributed by atoms with Gasteiger partial charge in [-0.05, 0) is 12.1 Å². The molecule has 1 aromatic heterocycles. The first-order chi connectivity index (χ1) is 8.36. The number of carbonyl (C=O) groups excluding carboxylic acids is 1. The third-order valence-electron chi connectivity index (χ3n) is 1.98. The second-order valence-corrected chi connectivity index (χ2v) is 3.29. The number of alkyl halides is 3. The molecule has 0 bridgehead atoms. The van der Waals surface area contributed by atoms with Crippen LogP contribution in [0.1, 0.15) is 5.56 Å². The highest BCUT2D eigenvalue weighted by Gasteiger charge is 2.35. The van der Waals surface area contributed by atoms with E-state index in [1.165, 1.54) is 0 Å². The Hall–Kier alpha value is -1.83. The van der Waals surface area contributed by atoms with Crippen molar-refractivity contribution < 1.29 is 27.4 Å². The van der Waals surface area contributed by atoms with Crippen LogP contribution in [0.15, 0.2) is 18.3 Å². The fourth-order valence-corrected chi connectivity index (χ4v) is 1.11. The van der Waals surface area contributed by atoms with Gasteiger partial charge in [0.05, 0.1) is 7.11 Å². The molecule has 2 N–H and O–H groups in total. The Kier molecular flexibility index (Phi) is 4.49. The predicted octanol–water partition coefficient (Wildman–Crippen LogP) is 0.979. The van der Waals surface area contributed by atoms with Crippen molar-refractivity contribution in [2.45, 2.75) is 12.2 Å².